The van der Waals surface area contributed by atoms with Crippen molar-refractivity contribution in [1.29, 1.82) is 0 Å². The number of morpholine rings is 1. The molecule has 0 amide bonds. The summed E-state index contributed by atoms with van der Waals surface area (Å²) in [6.45, 7) is 1.44. The molecule has 1 aromatic carbocycles. The van der Waals surface area contributed by atoms with Crippen molar-refractivity contribution in [1.82, 2.24) is 0 Å². The Morgan fingerprint density at radius 2 is 2.33 bits per heavy atom. The molecule has 7 heteroatoms. The van der Waals surface area contributed by atoms with Gasteiger partial charge in [-0.3, -0.25) is 10.1 Å². The van der Waals surface area contributed by atoms with Crippen molar-refractivity contribution in [2.45, 2.75) is 6.04 Å². The highest BCUT2D eigenvalue weighted by molar-refractivity contribution is 5.63. The molecular weight excluding hydrogens is 238 g/mol. The highest BCUT2D eigenvalue weighted by Gasteiger charge is 2.24. The van der Waals surface area contributed by atoms with Gasteiger partial charge in [-0.2, -0.15) is 0 Å². The maximum absolute atomic E-state index is 10.8. The van der Waals surface area contributed by atoms with E-state index in [1.807, 2.05) is 4.90 Å². The first-order chi connectivity index (χ1) is 8.61. The number of non-ortho nitro benzene ring substituents is 1. The summed E-state index contributed by atoms with van der Waals surface area (Å²) in [5.74, 6) is 0. The molecule has 2 rings (SSSR count). The van der Waals surface area contributed by atoms with Gasteiger partial charge in [0.15, 0.2) is 0 Å². The van der Waals surface area contributed by atoms with Crippen molar-refractivity contribution in [3.63, 3.8) is 0 Å². The summed E-state index contributed by atoms with van der Waals surface area (Å²) in [5.41, 5.74) is 6.60. The number of rotatable bonds is 3. The SMILES string of the molecule is Nc1cc(N2CCOCC2CO)cc([N+](=O)[O-])c1. The van der Waals surface area contributed by atoms with E-state index in [0.29, 0.717) is 31.1 Å². The van der Waals surface area contributed by atoms with Gasteiger partial charge in [-0.05, 0) is 6.07 Å². The van der Waals surface area contributed by atoms with E-state index in [-0.39, 0.29) is 18.3 Å². The van der Waals surface area contributed by atoms with E-state index in [4.69, 9.17) is 10.5 Å². The summed E-state index contributed by atoms with van der Waals surface area (Å²) >= 11 is 0. The van der Waals surface area contributed by atoms with Gasteiger partial charge in [-0.15, -0.1) is 0 Å². The van der Waals surface area contributed by atoms with Crippen molar-refractivity contribution in [3.8, 4) is 0 Å². The van der Waals surface area contributed by atoms with Gasteiger partial charge in [0.2, 0.25) is 0 Å². The standard InChI is InChI=1S/C11H15N3O4/c12-8-3-9(5-10(4-8)14(16)17)13-1-2-18-7-11(13)6-15/h3-5,11,15H,1-2,6-7,12H2. The Morgan fingerprint density at radius 1 is 1.56 bits per heavy atom. The highest BCUT2D eigenvalue weighted by Crippen LogP contribution is 2.27. The van der Waals surface area contributed by atoms with Gasteiger partial charge in [0.05, 0.1) is 30.8 Å². The second kappa shape index (κ2) is 5.19. The molecule has 3 N–H and O–H groups in total. The number of hydrogen-bond donors (Lipinski definition) is 2. The fourth-order valence-corrected chi connectivity index (χ4v) is 2.04. The molecule has 0 spiro atoms. The fourth-order valence-electron chi connectivity index (χ4n) is 2.04. The highest BCUT2D eigenvalue weighted by atomic mass is 16.6. The Morgan fingerprint density at radius 3 is 3.00 bits per heavy atom. The van der Waals surface area contributed by atoms with E-state index in [0.717, 1.165) is 0 Å². The maximum Gasteiger partial charge on any atom is 0.273 e. The monoisotopic (exact) mass is 253 g/mol. The summed E-state index contributed by atoms with van der Waals surface area (Å²) in [6, 6.07) is 4.25. The summed E-state index contributed by atoms with van der Waals surface area (Å²) in [4.78, 5) is 12.2. The first-order valence-corrected chi connectivity index (χ1v) is 5.62. The lowest BCUT2D eigenvalue weighted by molar-refractivity contribution is -0.384. The normalized spacial score (nSPS) is 19.8. The fraction of sp³-hybridized carbons (Fsp3) is 0.455. The van der Waals surface area contributed by atoms with E-state index >= 15 is 0 Å². The predicted octanol–water partition coefficient (Wildman–Crippen LogP) is 0.374. The first-order valence-electron chi connectivity index (χ1n) is 5.62. The third-order valence-electron chi connectivity index (χ3n) is 2.91. The zero-order valence-electron chi connectivity index (χ0n) is 9.78. The van der Waals surface area contributed by atoms with Crippen LogP contribution in [-0.4, -0.2) is 42.4 Å². The summed E-state index contributed by atoms with van der Waals surface area (Å²) in [5, 5.41) is 20.1. The van der Waals surface area contributed by atoms with Gasteiger partial charge < -0.3 is 20.5 Å². The number of benzene rings is 1. The number of nitrogens with two attached hydrogens (primary N) is 1. The van der Waals surface area contributed by atoms with Crippen molar-refractivity contribution in [3.05, 3.63) is 28.3 Å². The average molecular weight is 253 g/mol. The number of aliphatic hydroxyl groups is 1. The summed E-state index contributed by atoms with van der Waals surface area (Å²) in [7, 11) is 0. The molecule has 1 fully saturated rings. The average Bonchev–Trinajstić information content (AvgIpc) is 2.38. The van der Waals surface area contributed by atoms with E-state index in [9.17, 15) is 15.2 Å². The lowest BCUT2D eigenvalue weighted by Crippen LogP contribution is -2.47. The Hall–Kier alpha value is -1.86. The Bertz CT molecular complexity index is 452. The van der Waals surface area contributed by atoms with Crippen molar-refractivity contribution in [2.24, 2.45) is 0 Å². The van der Waals surface area contributed by atoms with Crippen LogP contribution in [0.25, 0.3) is 0 Å². The van der Waals surface area contributed by atoms with Crippen molar-refractivity contribution < 1.29 is 14.8 Å². The Balaban J connectivity index is 2.33. The lowest BCUT2D eigenvalue weighted by atomic mass is 10.1. The van der Waals surface area contributed by atoms with Crippen LogP contribution >= 0.6 is 0 Å². The largest absolute Gasteiger partial charge is 0.398 e. The Labute approximate surface area is 104 Å². The van der Waals surface area contributed by atoms with E-state index in [1.54, 1.807) is 6.07 Å². The molecular formula is C11H15N3O4. The molecule has 1 aliphatic heterocycles. The molecule has 98 valence electrons. The predicted molar refractivity (Wildman–Crippen MR) is 66.5 cm³/mol. The van der Waals surface area contributed by atoms with E-state index in [2.05, 4.69) is 0 Å². The number of nitro benzene ring substituents is 1. The maximum atomic E-state index is 10.8. The molecule has 18 heavy (non-hydrogen) atoms. The number of anilines is 2. The minimum atomic E-state index is -0.478. The van der Waals surface area contributed by atoms with Crippen molar-refractivity contribution in [2.75, 3.05) is 37.0 Å². The third-order valence-corrected chi connectivity index (χ3v) is 2.91. The molecule has 1 aliphatic rings. The van der Waals surface area contributed by atoms with Gasteiger partial charge in [0.1, 0.15) is 0 Å². The molecule has 0 bridgehead atoms. The van der Waals surface area contributed by atoms with Crippen LogP contribution in [0.1, 0.15) is 0 Å². The molecule has 1 atom stereocenters. The smallest absolute Gasteiger partial charge is 0.273 e. The van der Waals surface area contributed by atoms with Gasteiger partial charge in [0.25, 0.3) is 5.69 Å². The van der Waals surface area contributed by atoms with Crippen LogP contribution in [0.2, 0.25) is 0 Å². The molecule has 0 aromatic heterocycles. The van der Waals surface area contributed by atoms with Gasteiger partial charge >= 0.3 is 0 Å². The number of aliphatic hydroxyl groups excluding tert-OH is 1. The molecule has 1 saturated heterocycles. The van der Waals surface area contributed by atoms with E-state index in [1.165, 1.54) is 12.1 Å². The molecule has 0 aliphatic carbocycles. The quantitative estimate of drug-likeness (QED) is 0.458. The van der Waals surface area contributed by atoms with Crippen molar-refractivity contribution >= 4 is 17.1 Å². The van der Waals surface area contributed by atoms with Crippen LogP contribution in [0, 0.1) is 10.1 Å². The minimum absolute atomic E-state index is 0.0480. The Kier molecular flexibility index (Phi) is 3.63. The van der Waals surface area contributed by atoms with Crippen LogP contribution in [0.3, 0.4) is 0 Å². The first kappa shape index (κ1) is 12.6. The molecule has 0 saturated carbocycles. The zero-order valence-corrected chi connectivity index (χ0v) is 9.78. The topological polar surface area (TPSA) is 102 Å². The van der Waals surface area contributed by atoms with Crippen LogP contribution in [0.15, 0.2) is 18.2 Å². The molecule has 0 radical (unpaired) electrons. The number of nitrogen functional groups attached to an aromatic ring is 1. The summed E-state index contributed by atoms with van der Waals surface area (Å²) < 4.78 is 5.27. The van der Waals surface area contributed by atoms with Crippen LogP contribution in [-0.2, 0) is 4.74 Å². The van der Waals surface area contributed by atoms with Crippen LogP contribution in [0.4, 0.5) is 17.1 Å². The minimum Gasteiger partial charge on any atom is -0.398 e. The zero-order chi connectivity index (χ0) is 13.1. The molecule has 7 nitrogen and oxygen atoms in total. The van der Waals surface area contributed by atoms with Gasteiger partial charge in [-0.25, -0.2) is 0 Å². The molecule has 1 unspecified atom stereocenters. The number of nitro groups is 1. The number of hydrogen-bond acceptors (Lipinski definition) is 6. The van der Waals surface area contributed by atoms with E-state index < -0.39 is 4.92 Å². The summed E-state index contributed by atoms with van der Waals surface area (Å²) in [6.07, 6.45) is 0. The second-order valence-electron chi connectivity index (χ2n) is 4.14. The lowest BCUT2D eigenvalue weighted by Gasteiger charge is -2.36. The number of ether oxygens (including phenoxy) is 1. The van der Waals surface area contributed by atoms with Crippen LogP contribution < -0.4 is 10.6 Å². The van der Waals surface area contributed by atoms with Gasteiger partial charge in [0, 0.05) is 30.1 Å². The second-order valence-corrected chi connectivity index (χ2v) is 4.14. The van der Waals surface area contributed by atoms with Gasteiger partial charge in [-0.1, -0.05) is 0 Å². The molecule has 1 heterocycles. The van der Waals surface area contributed by atoms with Crippen LogP contribution in [0.5, 0.6) is 0 Å². The third kappa shape index (κ3) is 2.52. The molecule has 1 aromatic rings. The number of nitrogens with zero attached hydrogens (tertiary/aromatic N) is 2.